The highest BCUT2D eigenvalue weighted by atomic mass is 35.5. The number of benzene rings is 1. The molecule has 1 aromatic heterocycles. The normalized spacial score (nSPS) is 17.0. The fraction of sp³-hybridized carbons (Fsp3) is 0.400. The second kappa shape index (κ2) is 8.00. The van der Waals surface area contributed by atoms with Crippen molar-refractivity contribution < 1.29 is 9.53 Å². The average Bonchev–Trinajstić information content (AvgIpc) is 3.04. The van der Waals surface area contributed by atoms with Gasteiger partial charge in [0.2, 0.25) is 0 Å². The summed E-state index contributed by atoms with van der Waals surface area (Å²) < 4.78 is 5.06. The van der Waals surface area contributed by atoms with E-state index in [1.54, 1.807) is 11.3 Å². The third-order valence-electron chi connectivity index (χ3n) is 4.99. The number of piperazine rings is 1. The van der Waals surface area contributed by atoms with E-state index in [0.29, 0.717) is 6.61 Å². The van der Waals surface area contributed by atoms with Gasteiger partial charge in [-0.2, -0.15) is 0 Å². The van der Waals surface area contributed by atoms with Crippen molar-refractivity contribution in [1.82, 2.24) is 9.80 Å². The number of aliphatic imine (C=N–C) groups is 1. The summed E-state index contributed by atoms with van der Waals surface area (Å²) in [5.41, 5.74) is 3.43. The Balaban J connectivity index is 1.51. The van der Waals surface area contributed by atoms with E-state index in [-0.39, 0.29) is 5.97 Å². The van der Waals surface area contributed by atoms with Gasteiger partial charge in [0.1, 0.15) is 12.4 Å². The number of rotatable bonds is 3. The highest BCUT2D eigenvalue weighted by molar-refractivity contribution is 7.10. The maximum atomic E-state index is 10.9. The number of nitrogens with zero attached hydrogens (tertiary/aromatic N) is 3. The lowest BCUT2D eigenvalue weighted by atomic mass is 10.1. The van der Waals surface area contributed by atoms with Crippen LogP contribution in [0.15, 0.2) is 34.6 Å². The molecule has 1 fully saturated rings. The second-order valence-corrected chi connectivity index (χ2v) is 8.25. The van der Waals surface area contributed by atoms with E-state index >= 15 is 0 Å². The van der Waals surface area contributed by atoms with Crippen LogP contribution in [0.2, 0.25) is 5.02 Å². The number of hydrogen-bond donors (Lipinski definition) is 0. The quantitative estimate of drug-likeness (QED) is 0.735. The van der Waals surface area contributed by atoms with Crippen LogP contribution >= 0.6 is 22.9 Å². The van der Waals surface area contributed by atoms with E-state index in [4.69, 9.17) is 21.3 Å². The first-order valence-corrected chi connectivity index (χ1v) is 10.4. The Morgan fingerprint density at radius 1 is 1.26 bits per heavy atom. The van der Waals surface area contributed by atoms with Gasteiger partial charge >= 0.3 is 5.97 Å². The molecular weight excluding hydrogens is 382 g/mol. The standard InChI is InChI=1S/C20H22ClN3O2S/c1-14(25)26-10-9-23-5-7-24(8-6-23)20-17-4-11-27-19(17)13-15-12-16(21)2-3-18(15)22-20/h2-4,11-12H,5-10,13H2,1H3. The third kappa shape index (κ3) is 4.18. The molecule has 0 radical (unpaired) electrons. The summed E-state index contributed by atoms with van der Waals surface area (Å²) in [6.07, 6.45) is 0.873. The molecule has 7 heteroatoms. The highest BCUT2D eigenvalue weighted by Gasteiger charge is 2.25. The van der Waals surface area contributed by atoms with Gasteiger partial charge in [-0.15, -0.1) is 11.3 Å². The van der Waals surface area contributed by atoms with Crippen molar-refractivity contribution in [2.24, 2.45) is 4.99 Å². The van der Waals surface area contributed by atoms with Crippen molar-refractivity contribution >= 4 is 40.4 Å². The summed E-state index contributed by atoms with van der Waals surface area (Å²) in [5.74, 6) is 0.845. The van der Waals surface area contributed by atoms with Crippen LogP contribution in [0.5, 0.6) is 0 Å². The minimum atomic E-state index is -0.217. The SMILES string of the molecule is CC(=O)OCCN1CCN(C2=Nc3ccc(Cl)cc3Cc3sccc32)CC1. The van der Waals surface area contributed by atoms with Crippen molar-refractivity contribution in [3.63, 3.8) is 0 Å². The highest BCUT2D eigenvalue weighted by Crippen LogP contribution is 2.34. The molecule has 2 aliphatic heterocycles. The number of esters is 1. The summed E-state index contributed by atoms with van der Waals surface area (Å²) in [5, 5.41) is 2.90. The molecule has 0 aliphatic carbocycles. The molecule has 0 saturated carbocycles. The molecule has 142 valence electrons. The molecular formula is C20H22ClN3O2S. The molecule has 2 aromatic rings. The van der Waals surface area contributed by atoms with Crippen LogP contribution in [0.4, 0.5) is 5.69 Å². The Labute approximate surface area is 168 Å². The lowest BCUT2D eigenvalue weighted by Gasteiger charge is -2.36. The van der Waals surface area contributed by atoms with E-state index in [0.717, 1.165) is 55.7 Å². The number of hydrogen-bond acceptors (Lipinski definition) is 6. The van der Waals surface area contributed by atoms with Crippen molar-refractivity contribution in [1.29, 1.82) is 0 Å². The molecule has 0 N–H and O–H groups in total. The van der Waals surface area contributed by atoms with Crippen LogP contribution in [0, 0.1) is 0 Å². The average molecular weight is 404 g/mol. The monoisotopic (exact) mass is 403 g/mol. The van der Waals surface area contributed by atoms with E-state index in [2.05, 4.69) is 21.2 Å². The summed E-state index contributed by atoms with van der Waals surface area (Å²) in [6.45, 7) is 6.39. The number of thiophene rings is 1. The maximum Gasteiger partial charge on any atom is 0.302 e. The summed E-state index contributed by atoms with van der Waals surface area (Å²) in [4.78, 5) is 22.0. The zero-order valence-corrected chi connectivity index (χ0v) is 16.9. The summed E-state index contributed by atoms with van der Waals surface area (Å²) in [6, 6.07) is 8.14. The fourth-order valence-corrected chi connectivity index (χ4v) is 4.66. The number of carbonyl (C=O) groups excluding carboxylic acids is 1. The smallest absolute Gasteiger partial charge is 0.302 e. The maximum absolute atomic E-state index is 10.9. The van der Waals surface area contributed by atoms with Gasteiger partial charge < -0.3 is 9.64 Å². The van der Waals surface area contributed by atoms with Crippen LogP contribution < -0.4 is 0 Å². The molecule has 1 saturated heterocycles. The minimum absolute atomic E-state index is 0.217. The molecule has 0 amide bonds. The molecule has 0 bridgehead atoms. The van der Waals surface area contributed by atoms with Gasteiger partial charge in [-0.1, -0.05) is 11.6 Å². The molecule has 0 atom stereocenters. The van der Waals surface area contributed by atoms with Crippen molar-refractivity contribution in [2.45, 2.75) is 13.3 Å². The molecule has 5 nitrogen and oxygen atoms in total. The first-order chi connectivity index (χ1) is 13.1. The predicted octanol–water partition coefficient (Wildman–Crippen LogP) is 3.56. The van der Waals surface area contributed by atoms with E-state index < -0.39 is 0 Å². The fourth-order valence-electron chi connectivity index (χ4n) is 3.57. The summed E-state index contributed by atoms with van der Waals surface area (Å²) >= 11 is 7.98. The second-order valence-electron chi connectivity index (χ2n) is 6.81. The zero-order chi connectivity index (χ0) is 18.8. The van der Waals surface area contributed by atoms with E-state index in [9.17, 15) is 4.79 Å². The molecule has 3 heterocycles. The van der Waals surface area contributed by atoms with E-state index in [1.165, 1.54) is 22.9 Å². The van der Waals surface area contributed by atoms with Gasteiger partial charge in [0.05, 0.1) is 5.69 Å². The molecule has 2 aliphatic rings. The van der Waals surface area contributed by atoms with Crippen LogP contribution in [0.25, 0.3) is 0 Å². The zero-order valence-electron chi connectivity index (χ0n) is 15.3. The third-order valence-corrected chi connectivity index (χ3v) is 6.15. The van der Waals surface area contributed by atoms with Crippen LogP contribution in [0.3, 0.4) is 0 Å². The van der Waals surface area contributed by atoms with Crippen LogP contribution in [0.1, 0.15) is 22.9 Å². The van der Waals surface area contributed by atoms with Crippen molar-refractivity contribution in [3.05, 3.63) is 50.7 Å². The predicted molar refractivity (Wildman–Crippen MR) is 109 cm³/mol. The van der Waals surface area contributed by atoms with Gasteiger partial charge in [0.15, 0.2) is 0 Å². The Hall–Kier alpha value is -1.89. The summed E-state index contributed by atoms with van der Waals surface area (Å²) in [7, 11) is 0. The van der Waals surface area contributed by atoms with Crippen molar-refractivity contribution in [2.75, 3.05) is 39.3 Å². The van der Waals surface area contributed by atoms with Gasteiger partial charge in [-0.3, -0.25) is 9.69 Å². The lowest BCUT2D eigenvalue weighted by molar-refractivity contribution is -0.141. The molecule has 1 aromatic carbocycles. The topological polar surface area (TPSA) is 45.1 Å². The Morgan fingerprint density at radius 3 is 2.85 bits per heavy atom. The lowest BCUT2D eigenvalue weighted by Crippen LogP contribution is -2.49. The first-order valence-electron chi connectivity index (χ1n) is 9.14. The van der Waals surface area contributed by atoms with Gasteiger partial charge in [-0.25, -0.2) is 4.99 Å². The Bertz CT molecular complexity index is 872. The Kier molecular flexibility index (Phi) is 5.48. The number of ether oxygens (including phenoxy) is 1. The van der Waals surface area contributed by atoms with Gasteiger partial charge in [-0.05, 0) is 35.2 Å². The van der Waals surface area contributed by atoms with E-state index in [1.807, 2.05) is 18.2 Å². The molecule has 4 rings (SSSR count). The number of fused-ring (bicyclic) bond motifs is 2. The molecule has 0 spiro atoms. The number of halogens is 1. The molecule has 0 unspecified atom stereocenters. The minimum Gasteiger partial charge on any atom is -0.465 e. The largest absolute Gasteiger partial charge is 0.465 e. The first kappa shape index (κ1) is 18.5. The van der Waals surface area contributed by atoms with Gasteiger partial charge in [0, 0.05) is 61.5 Å². The Morgan fingerprint density at radius 2 is 2.07 bits per heavy atom. The number of carbonyl (C=O) groups is 1. The van der Waals surface area contributed by atoms with Crippen LogP contribution in [-0.2, 0) is 16.0 Å². The van der Waals surface area contributed by atoms with Crippen molar-refractivity contribution in [3.8, 4) is 0 Å². The number of amidine groups is 1. The van der Waals surface area contributed by atoms with Gasteiger partial charge in [0.25, 0.3) is 0 Å². The molecule has 27 heavy (non-hydrogen) atoms. The van der Waals surface area contributed by atoms with Crippen LogP contribution in [-0.4, -0.2) is 60.9 Å².